The number of hydrogen-bond donors (Lipinski definition) is 1. The van der Waals surface area contributed by atoms with Crippen LogP contribution in [0, 0.1) is 11.3 Å². The summed E-state index contributed by atoms with van der Waals surface area (Å²) in [5.74, 6) is 1.58. The van der Waals surface area contributed by atoms with Crippen LogP contribution in [0.25, 0.3) is 22.8 Å². The predicted molar refractivity (Wildman–Crippen MR) is 154 cm³/mol. The molecule has 4 aromatic rings. The Labute approximate surface area is 241 Å². The zero-order chi connectivity index (χ0) is 27.4. The zero-order valence-electron chi connectivity index (χ0n) is 22.6. The van der Waals surface area contributed by atoms with Gasteiger partial charge in [-0.1, -0.05) is 5.16 Å². The van der Waals surface area contributed by atoms with Crippen LogP contribution >= 0.6 is 22.9 Å². The first kappa shape index (κ1) is 25.6. The van der Waals surface area contributed by atoms with E-state index in [1.54, 1.807) is 11.3 Å². The highest BCUT2D eigenvalue weighted by Gasteiger charge is 2.48. The summed E-state index contributed by atoms with van der Waals surface area (Å²) in [5.41, 5.74) is 11.2. The lowest BCUT2D eigenvalue weighted by molar-refractivity contribution is 0.117. The van der Waals surface area contributed by atoms with Gasteiger partial charge >= 0.3 is 0 Å². The van der Waals surface area contributed by atoms with Gasteiger partial charge in [-0.15, -0.1) is 11.3 Å². The van der Waals surface area contributed by atoms with Crippen molar-refractivity contribution in [3.05, 3.63) is 44.9 Å². The molecule has 2 aliphatic carbocycles. The highest BCUT2D eigenvalue weighted by Crippen LogP contribution is 2.54. The van der Waals surface area contributed by atoms with Crippen LogP contribution in [0.15, 0.2) is 22.2 Å². The van der Waals surface area contributed by atoms with E-state index in [0.717, 1.165) is 79.6 Å². The number of anilines is 1. The largest absolute Gasteiger partial charge is 0.473 e. The van der Waals surface area contributed by atoms with Crippen molar-refractivity contribution in [2.45, 2.75) is 75.9 Å². The molecule has 0 bridgehead atoms. The first-order valence-corrected chi connectivity index (χ1v) is 15.6. The number of hydrogen-bond acceptors (Lipinski definition) is 11. The number of ether oxygens (including phenoxy) is 1. The summed E-state index contributed by atoms with van der Waals surface area (Å²) < 4.78 is 16.9. The van der Waals surface area contributed by atoms with Crippen LogP contribution in [0.2, 0.25) is 0 Å². The normalized spacial score (nSPS) is 23.1. The van der Waals surface area contributed by atoms with Crippen LogP contribution in [0.3, 0.4) is 0 Å². The van der Waals surface area contributed by atoms with Gasteiger partial charge in [-0.05, 0) is 89.0 Å². The molecule has 206 valence electrons. The summed E-state index contributed by atoms with van der Waals surface area (Å²) >= 11 is 2.94. The second-order valence-electron chi connectivity index (χ2n) is 11.2. The Hall–Kier alpha value is -3.33. The maximum atomic E-state index is 10.0. The molecule has 0 aromatic carbocycles. The van der Waals surface area contributed by atoms with Crippen molar-refractivity contribution in [3.8, 4) is 34.8 Å². The summed E-state index contributed by atoms with van der Waals surface area (Å²) in [7, 11) is 2.15. The Kier molecular flexibility index (Phi) is 6.37. The number of likely N-dealkylation sites (tertiary alicyclic amines) is 1. The van der Waals surface area contributed by atoms with Gasteiger partial charge in [-0.25, -0.2) is 9.36 Å². The number of nitrogens with zero attached hydrogens (tertiary/aromatic N) is 6. The number of rotatable bonds is 5. The number of aromatic nitrogens is 4. The topological polar surface area (TPSA) is 127 Å². The molecular formula is C29H31N7O2S2. The highest BCUT2D eigenvalue weighted by atomic mass is 32.1. The molecule has 1 spiro atoms. The maximum absolute atomic E-state index is 10.0. The predicted octanol–water partition coefficient (Wildman–Crippen LogP) is 5.59. The van der Waals surface area contributed by atoms with E-state index < -0.39 is 0 Å². The standard InChI is InChI=1S/C29H31N7O2S2/c1-16(21-7-5-11-36(21)2)37-23-12-20(17-14-32-39-15-17)33-28(34-23)25-18-6-3-9-29(26(18)35-38-25)10-4-8-22-24(29)19(13-30)27(31)40-22/h12,14-16,21H,3-11,31H2,1-2H3/t16-,21-,29-/m0/s1. The van der Waals surface area contributed by atoms with E-state index in [2.05, 4.69) is 29.3 Å². The second kappa shape index (κ2) is 9.94. The van der Waals surface area contributed by atoms with E-state index in [1.807, 2.05) is 17.6 Å². The molecule has 0 saturated carbocycles. The summed E-state index contributed by atoms with van der Waals surface area (Å²) in [5, 5.41) is 17.3. The fourth-order valence-electron chi connectivity index (χ4n) is 7.10. The van der Waals surface area contributed by atoms with Crippen molar-refractivity contribution in [1.29, 1.82) is 5.26 Å². The van der Waals surface area contributed by atoms with E-state index in [0.29, 0.717) is 34.1 Å². The fourth-order valence-corrected chi connectivity index (χ4v) is 8.79. The Bertz CT molecular complexity index is 1600. The third-order valence-corrected chi connectivity index (χ3v) is 10.6. The van der Waals surface area contributed by atoms with Crippen LogP contribution < -0.4 is 10.5 Å². The van der Waals surface area contributed by atoms with Gasteiger partial charge < -0.3 is 15.0 Å². The smallest absolute Gasteiger partial charge is 0.217 e. The summed E-state index contributed by atoms with van der Waals surface area (Å²) in [6.07, 6.45) is 9.67. The molecule has 1 aliphatic heterocycles. The third kappa shape index (κ3) is 4.04. The van der Waals surface area contributed by atoms with E-state index in [1.165, 1.54) is 22.8 Å². The number of aryl methyl sites for hydroxylation is 1. The molecule has 0 unspecified atom stereocenters. The monoisotopic (exact) mass is 573 g/mol. The van der Waals surface area contributed by atoms with Gasteiger partial charge in [0.05, 0.1) is 23.1 Å². The second-order valence-corrected chi connectivity index (χ2v) is 13.0. The van der Waals surface area contributed by atoms with Gasteiger partial charge in [0, 0.05) is 38.9 Å². The molecule has 1 fully saturated rings. The van der Waals surface area contributed by atoms with Gasteiger partial charge in [0.25, 0.3) is 0 Å². The first-order chi connectivity index (χ1) is 19.5. The molecule has 0 amide bonds. The average Bonchev–Trinajstić information content (AvgIpc) is 3.75. The summed E-state index contributed by atoms with van der Waals surface area (Å²) in [4.78, 5) is 13.4. The van der Waals surface area contributed by atoms with E-state index in [-0.39, 0.29) is 11.5 Å². The van der Waals surface area contributed by atoms with Crippen molar-refractivity contribution in [3.63, 3.8) is 0 Å². The van der Waals surface area contributed by atoms with Crippen LogP contribution in [0.1, 0.15) is 72.7 Å². The number of nitrogen functional groups attached to an aromatic ring is 1. The lowest BCUT2D eigenvalue weighted by Gasteiger charge is -2.39. The summed E-state index contributed by atoms with van der Waals surface area (Å²) in [6.45, 7) is 3.19. The van der Waals surface area contributed by atoms with Gasteiger partial charge in [-0.3, -0.25) is 4.90 Å². The Morgan fingerprint density at radius 3 is 2.85 bits per heavy atom. The van der Waals surface area contributed by atoms with Crippen molar-refractivity contribution < 1.29 is 9.26 Å². The zero-order valence-corrected chi connectivity index (χ0v) is 24.3. The molecular weight excluding hydrogens is 543 g/mol. The first-order valence-electron chi connectivity index (χ1n) is 14.0. The molecule has 1 saturated heterocycles. The van der Waals surface area contributed by atoms with Crippen molar-refractivity contribution in [1.82, 2.24) is 24.4 Å². The van der Waals surface area contributed by atoms with Crippen LogP contribution in [0.5, 0.6) is 5.88 Å². The number of nitrogens with two attached hydrogens (primary N) is 1. The minimum Gasteiger partial charge on any atom is -0.473 e. The Morgan fingerprint density at radius 1 is 1.25 bits per heavy atom. The third-order valence-electron chi connectivity index (χ3n) is 8.94. The van der Waals surface area contributed by atoms with Crippen LogP contribution in [-0.2, 0) is 18.3 Å². The lowest BCUT2D eigenvalue weighted by atomic mass is 9.62. The fraction of sp³-hybridized carbons (Fsp3) is 0.483. The molecule has 7 rings (SSSR count). The molecule has 3 atom stereocenters. The molecule has 4 aromatic heterocycles. The van der Waals surface area contributed by atoms with Gasteiger partial charge in [0.2, 0.25) is 17.5 Å². The van der Waals surface area contributed by atoms with Gasteiger partial charge in [0.1, 0.15) is 17.2 Å². The van der Waals surface area contributed by atoms with Crippen LogP contribution in [0.4, 0.5) is 5.00 Å². The Morgan fingerprint density at radius 2 is 2.10 bits per heavy atom. The van der Waals surface area contributed by atoms with Crippen molar-refractivity contribution >= 4 is 27.9 Å². The van der Waals surface area contributed by atoms with Crippen LogP contribution in [-0.4, -0.2) is 50.1 Å². The number of nitriles is 1. The van der Waals surface area contributed by atoms with E-state index in [9.17, 15) is 5.26 Å². The minimum atomic E-state index is -0.363. The Balaban J connectivity index is 1.33. The lowest BCUT2D eigenvalue weighted by Crippen LogP contribution is -2.38. The molecule has 40 heavy (non-hydrogen) atoms. The molecule has 0 radical (unpaired) electrons. The SMILES string of the molecule is C[C@H](Oc1cc(-c2cnsc2)nc(-c2onc3c2CCC[C@@]32CCCc3sc(N)c(C#N)c32)n1)[C@@H]1CCCN1C. The number of likely N-dealkylation sites (N-methyl/N-ethyl adjacent to an activating group) is 1. The van der Waals surface area contributed by atoms with E-state index in [4.69, 9.17) is 30.1 Å². The molecule has 5 heterocycles. The molecule has 2 N–H and O–H groups in total. The van der Waals surface area contributed by atoms with Crippen molar-refractivity contribution in [2.24, 2.45) is 0 Å². The van der Waals surface area contributed by atoms with Crippen molar-refractivity contribution in [2.75, 3.05) is 19.3 Å². The minimum absolute atomic E-state index is 0.0234. The molecule has 11 heteroatoms. The van der Waals surface area contributed by atoms with Gasteiger partial charge in [-0.2, -0.15) is 10.2 Å². The maximum Gasteiger partial charge on any atom is 0.217 e. The van der Waals surface area contributed by atoms with E-state index >= 15 is 0 Å². The van der Waals surface area contributed by atoms with Gasteiger partial charge in [0.15, 0.2) is 0 Å². The average molecular weight is 574 g/mol. The highest BCUT2D eigenvalue weighted by molar-refractivity contribution is 7.16. The number of thiophene rings is 1. The molecule has 3 aliphatic rings. The number of fused-ring (bicyclic) bond motifs is 4. The molecule has 9 nitrogen and oxygen atoms in total. The quantitative estimate of drug-likeness (QED) is 0.325. The summed E-state index contributed by atoms with van der Waals surface area (Å²) in [6, 6.07) is 4.63.